The second kappa shape index (κ2) is 7.86. The van der Waals surface area contributed by atoms with Crippen molar-refractivity contribution < 1.29 is 9.90 Å². The molecule has 5 fully saturated rings. The highest BCUT2D eigenvalue weighted by Gasteiger charge is 2.46. The van der Waals surface area contributed by atoms with E-state index in [1.807, 2.05) is 0 Å². The fourth-order valence-electron chi connectivity index (χ4n) is 6.31. The zero-order valence-electron chi connectivity index (χ0n) is 17.8. The molecule has 3 saturated heterocycles. The van der Waals surface area contributed by atoms with Crippen LogP contribution in [0.3, 0.4) is 0 Å². The van der Waals surface area contributed by atoms with Crippen molar-refractivity contribution in [1.29, 1.82) is 0 Å². The second-order valence-electron chi connectivity index (χ2n) is 10.2. The third-order valence-electron chi connectivity index (χ3n) is 8.52. The van der Waals surface area contributed by atoms with Crippen molar-refractivity contribution in [2.24, 2.45) is 17.8 Å². The van der Waals surface area contributed by atoms with E-state index in [0.717, 1.165) is 75.9 Å². The lowest BCUT2D eigenvalue weighted by atomic mass is 9.73. The minimum Gasteiger partial charge on any atom is -0.384 e. The van der Waals surface area contributed by atoms with Crippen LogP contribution in [0.2, 0.25) is 0 Å². The van der Waals surface area contributed by atoms with E-state index >= 15 is 0 Å². The summed E-state index contributed by atoms with van der Waals surface area (Å²) in [7, 11) is 0. The molecule has 2 atom stereocenters. The first-order chi connectivity index (χ1) is 14.0. The van der Waals surface area contributed by atoms with Gasteiger partial charge in [-0.25, -0.2) is 0 Å². The maximum atomic E-state index is 13.1. The molecule has 1 amide bonds. The lowest BCUT2D eigenvalue weighted by Crippen LogP contribution is -2.51. The topological polar surface area (TPSA) is 59.0 Å². The Hall–Kier alpha value is -1.11. The summed E-state index contributed by atoms with van der Waals surface area (Å²) >= 11 is 0. The Bertz CT molecular complexity index is 633. The summed E-state index contributed by atoms with van der Waals surface area (Å²) in [5, 5.41) is 13.9. The summed E-state index contributed by atoms with van der Waals surface area (Å²) in [4.78, 5) is 20.0. The third kappa shape index (κ3) is 3.96. The van der Waals surface area contributed by atoms with Crippen molar-refractivity contribution in [1.82, 2.24) is 20.0 Å². The molecule has 6 nitrogen and oxygen atoms in total. The molecular formula is C23H38N4O2. The summed E-state index contributed by atoms with van der Waals surface area (Å²) in [6.07, 6.45) is 9.59. The molecular weight excluding hydrogens is 364 g/mol. The number of piperazine rings is 1. The maximum Gasteiger partial charge on any atom is 0.225 e. The molecule has 0 aromatic heterocycles. The van der Waals surface area contributed by atoms with E-state index in [2.05, 4.69) is 26.6 Å². The summed E-state index contributed by atoms with van der Waals surface area (Å²) in [5.74, 6) is 2.27. The van der Waals surface area contributed by atoms with E-state index in [1.54, 1.807) is 0 Å². The first kappa shape index (κ1) is 19.8. The van der Waals surface area contributed by atoms with E-state index < -0.39 is 5.60 Å². The molecule has 3 heterocycles. The second-order valence-corrected chi connectivity index (χ2v) is 10.2. The van der Waals surface area contributed by atoms with Crippen molar-refractivity contribution in [2.75, 3.05) is 45.8 Å². The normalized spacial score (nSPS) is 37.3. The third-order valence-corrected chi connectivity index (χ3v) is 8.52. The van der Waals surface area contributed by atoms with Crippen molar-refractivity contribution in [3.63, 3.8) is 0 Å². The summed E-state index contributed by atoms with van der Waals surface area (Å²) in [5.41, 5.74) is 0.225. The van der Waals surface area contributed by atoms with Gasteiger partial charge in [0.25, 0.3) is 0 Å². The van der Waals surface area contributed by atoms with Crippen molar-refractivity contribution >= 4 is 5.91 Å². The molecule has 29 heavy (non-hydrogen) atoms. The number of aliphatic hydroxyl groups is 1. The van der Waals surface area contributed by atoms with Gasteiger partial charge in [-0.2, -0.15) is 0 Å². The number of fused-ring (bicyclic) bond motifs is 1. The molecule has 0 spiro atoms. The molecule has 5 aliphatic rings. The van der Waals surface area contributed by atoms with Crippen LogP contribution in [0.15, 0.2) is 12.3 Å². The smallest absolute Gasteiger partial charge is 0.225 e. The fraction of sp³-hybridized carbons (Fsp3) is 0.870. The van der Waals surface area contributed by atoms with E-state index in [1.165, 1.54) is 38.8 Å². The first-order valence-electron chi connectivity index (χ1n) is 12.0. The molecule has 2 unspecified atom stereocenters. The van der Waals surface area contributed by atoms with Crippen LogP contribution in [0.25, 0.3) is 0 Å². The molecule has 0 aromatic carbocycles. The molecule has 2 saturated carbocycles. The number of rotatable bonds is 4. The van der Waals surface area contributed by atoms with E-state index in [9.17, 15) is 9.90 Å². The Morgan fingerprint density at radius 3 is 2.24 bits per heavy atom. The Morgan fingerprint density at radius 1 is 0.897 bits per heavy atom. The minimum atomic E-state index is -0.644. The van der Waals surface area contributed by atoms with Gasteiger partial charge in [0.15, 0.2) is 0 Å². The Balaban J connectivity index is 1.07. The highest BCUT2D eigenvalue weighted by molar-refractivity contribution is 5.79. The molecule has 2 N–H and O–H groups in total. The zero-order chi connectivity index (χ0) is 20.0. The van der Waals surface area contributed by atoms with Gasteiger partial charge < -0.3 is 20.2 Å². The average Bonchev–Trinajstić information content (AvgIpc) is 3.34. The summed E-state index contributed by atoms with van der Waals surface area (Å²) < 4.78 is 0. The predicted molar refractivity (Wildman–Crippen MR) is 113 cm³/mol. The van der Waals surface area contributed by atoms with E-state index in [0.29, 0.717) is 12.1 Å². The quantitative estimate of drug-likeness (QED) is 0.748. The van der Waals surface area contributed by atoms with Gasteiger partial charge in [0.1, 0.15) is 5.60 Å². The molecule has 2 aliphatic carbocycles. The molecule has 162 valence electrons. The number of hydrogen-bond donors (Lipinski definition) is 2. The minimum absolute atomic E-state index is 0.235. The molecule has 5 rings (SSSR count). The van der Waals surface area contributed by atoms with Crippen molar-refractivity contribution in [3.8, 4) is 0 Å². The predicted octanol–water partition coefficient (Wildman–Crippen LogP) is 1.62. The van der Waals surface area contributed by atoms with Gasteiger partial charge in [-0.05, 0) is 63.2 Å². The molecule has 0 bridgehead atoms. The van der Waals surface area contributed by atoms with Gasteiger partial charge in [-0.3, -0.25) is 9.69 Å². The number of amides is 1. The van der Waals surface area contributed by atoms with E-state index in [4.69, 9.17) is 0 Å². The molecule has 0 radical (unpaired) electrons. The SMILES string of the molecule is C=C(N1CCN(C(=O)C2CCC(C3CCC4NCCN4C3)CC2)CC1)C1(O)CC1. The van der Waals surface area contributed by atoms with Crippen LogP contribution >= 0.6 is 0 Å². The van der Waals surface area contributed by atoms with Gasteiger partial charge in [-0.1, -0.05) is 6.58 Å². The number of piperidine rings is 1. The number of carbonyl (C=O) groups is 1. The van der Waals surface area contributed by atoms with Crippen LogP contribution in [0.5, 0.6) is 0 Å². The highest BCUT2D eigenvalue weighted by Crippen LogP contribution is 2.43. The van der Waals surface area contributed by atoms with Crippen LogP contribution in [0.1, 0.15) is 51.4 Å². The van der Waals surface area contributed by atoms with E-state index in [-0.39, 0.29) is 5.92 Å². The van der Waals surface area contributed by atoms with Crippen molar-refractivity contribution in [2.45, 2.75) is 63.1 Å². The lowest BCUT2D eigenvalue weighted by molar-refractivity contribution is -0.138. The first-order valence-corrected chi connectivity index (χ1v) is 12.0. The number of nitrogens with one attached hydrogen (secondary N) is 1. The number of hydrogen-bond acceptors (Lipinski definition) is 5. The number of nitrogens with zero attached hydrogens (tertiary/aromatic N) is 3. The van der Waals surface area contributed by atoms with Crippen LogP contribution in [0.4, 0.5) is 0 Å². The van der Waals surface area contributed by atoms with Crippen LogP contribution in [-0.4, -0.2) is 83.3 Å². The Labute approximate surface area is 175 Å². The Morgan fingerprint density at radius 2 is 1.55 bits per heavy atom. The maximum absolute atomic E-state index is 13.1. The summed E-state index contributed by atoms with van der Waals surface area (Å²) in [6, 6.07) is 0. The molecule has 0 aromatic rings. The van der Waals surface area contributed by atoms with Crippen LogP contribution < -0.4 is 5.32 Å². The zero-order valence-corrected chi connectivity index (χ0v) is 17.8. The largest absolute Gasteiger partial charge is 0.384 e. The van der Waals surface area contributed by atoms with Gasteiger partial charge in [0, 0.05) is 57.4 Å². The van der Waals surface area contributed by atoms with Gasteiger partial charge in [0.05, 0.1) is 6.17 Å². The van der Waals surface area contributed by atoms with Gasteiger partial charge >= 0.3 is 0 Å². The Kier molecular flexibility index (Phi) is 5.37. The van der Waals surface area contributed by atoms with Crippen molar-refractivity contribution in [3.05, 3.63) is 12.3 Å². The highest BCUT2D eigenvalue weighted by atomic mass is 16.3. The number of carbonyl (C=O) groups excluding carboxylic acids is 1. The standard InChI is InChI=1S/C23H38N4O2/c1-17(23(29)8-9-23)25-12-14-26(15-13-25)22(28)19-4-2-18(3-5-19)20-6-7-21-24-10-11-27(21)16-20/h18-21,24,29H,1-16H2. The van der Waals surface area contributed by atoms with Gasteiger partial charge in [-0.15, -0.1) is 0 Å². The summed E-state index contributed by atoms with van der Waals surface area (Å²) in [6.45, 7) is 10.9. The molecule has 3 aliphatic heterocycles. The van der Waals surface area contributed by atoms with Crippen LogP contribution in [-0.2, 0) is 4.79 Å². The average molecular weight is 403 g/mol. The monoisotopic (exact) mass is 402 g/mol. The van der Waals surface area contributed by atoms with Gasteiger partial charge in [0.2, 0.25) is 5.91 Å². The fourth-order valence-corrected chi connectivity index (χ4v) is 6.31. The molecule has 6 heteroatoms. The van der Waals surface area contributed by atoms with Crippen LogP contribution in [0, 0.1) is 17.8 Å². The lowest BCUT2D eigenvalue weighted by Gasteiger charge is -2.42.